The number of halogens is 1. The minimum atomic E-state index is 0.262. The predicted octanol–water partition coefficient (Wildman–Crippen LogP) is 5.05. The van der Waals surface area contributed by atoms with Gasteiger partial charge in [-0.3, -0.25) is 0 Å². The van der Waals surface area contributed by atoms with Crippen molar-refractivity contribution >= 4 is 28.3 Å². The molecule has 3 heteroatoms. The summed E-state index contributed by atoms with van der Waals surface area (Å²) in [5.74, 6) is 0.673. The van der Waals surface area contributed by atoms with Crippen molar-refractivity contribution in [2.24, 2.45) is 5.92 Å². The number of hydrogen-bond acceptors (Lipinski definition) is 2. The van der Waals surface area contributed by atoms with Gasteiger partial charge in [0.25, 0.3) is 0 Å². The molecule has 2 N–H and O–H groups in total. The van der Waals surface area contributed by atoms with Gasteiger partial charge in [0.15, 0.2) is 0 Å². The van der Waals surface area contributed by atoms with Gasteiger partial charge in [0.2, 0.25) is 0 Å². The average molecular weight is 414 g/mol. The second-order valence-corrected chi connectivity index (χ2v) is 8.33. The molecule has 2 atom stereocenters. The number of likely N-dealkylation sites (tertiary alicyclic amines) is 1. The topological polar surface area (TPSA) is 29.3 Å². The normalized spacial score (nSPS) is 26.3. The van der Waals surface area contributed by atoms with Gasteiger partial charge in [0, 0.05) is 15.8 Å². The lowest BCUT2D eigenvalue weighted by Crippen LogP contribution is -2.47. The third-order valence-electron chi connectivity index (χ3n) is 5.55. The lowest BCUT2D eigenvalue weighted by Gasteiger charge is -2.45. The van der Waals surface area contributed by atoms with E-state index in [-0.39, 0.29) is 5.41 Å². The van der Waals surface area contributed by atoms with Crippen molar-refractivity contribution in [3.8, 4) is 0 Å². The van der Waals surface area contributed by atoms with Crippen LogP contribution < -0.4 is 5.73 Å². The molecule has 1 saturated heterocycles. The molecule has 0 bridgehead atoms. The molecule has 124 valence electrons. The molecule has 0 aromatic heterocycles. The zero-order valence-electron chi connectivity index (χ0n) is 14.4. The molecule has 1 aliphatic rings. The van der Waals surface area contributed by atoms with Crippen molar-refractivity contribution in [1.82, 2.24) is 4.90 Å². The Morgan fingerprint density at radius 2 is 2.09 bits per heavy atom. The van der Waals surface area contributed by atoms with Gasteiger partial charge in [0.05, 0.1) is 0 Å². The summed E-state index contributed by atoms with van der Waals surface area (Å²) >= 11 is 2.31. The molecule has 1 aromatic rings. The van der Waals surface area contributed by atoms with Gasteiger partial charge < -0.3 is 10.6 Å². The number of nitrogens with zero attached hydrogens (tertiary/aromatic N) is 1. The molecule has 0 aliphatic carbocycles. The molecule has 1 aliphatic heterocycles. The molecule has 0 radical (unpaired) electrons. The number of unbranched alkanes of at least 4 members (excludes halogenated alkanes) is 3. The highest BCUT2D eigenvalue weighted by atomic mass is 127. The lowest BCUT2D eigenvalue weighted by molar-refractivity contribution is 0.109. The van der Waals surface area contributed by atoms with Crippen LogP contribution in [0.4, 0.5) is 5.69 Å². The largest absolute Gasteiger partial charge is 0.398 e. The molecule has 0 saturated carbocycles. The van der Waals surface area contributed by atoms with Crippen LogP contribution >= 0.6 is 22.6 Å². The molecule has 22 heavy (non-hydrogen) atoms. The van der Waals surface area contributed by atoms with Crippen LogP contribution in [0.5, 0.6) is 0 Å². The van der Waals surface area contributed by atoms with Crippen LogP contribution in [0.15, 0.2) is 18.2 Å². The smallest absolute Gasteiger partial charge is 0.0452 e. The van der Waals surface area contributed by atoms with Crippen molar-refractivity contribution in [1.29, 1.82) is 0 Å². The zero-order valence-corrected chi connectivity index (χ0v) is 16.5. The van der Waals surface area contributed by atoms with E-state index in [4.69, 9.17) is 5.73 Å². The molecule has 0 amide bonds. The fourth-order valence-corrected chi connectivity index (χ4v) is 3.95. The first kappa shape index (κ1) is 18.1. The summed E-state index contributed by atoms with van der Waals surface area (Å²) < 4.78 is 1.16. The summed E-state index contributed by atoms with van der Waals surface area (Å²) in [7, 11) is 0. The Morgan fingerprint density at radius 1 is 1.32 bits per heavy atom. The first-order chi connectivity index (χ1) is 10.5. The van der Waals surface area contributed by atoms with Crippen LogP contribution in [0.25, 0.3) is 0 Å². The lowest BCUT2D eigenvalue weighted by atomic mass is 9.68. The summed E-state index contributed by atoms with van der Waals surface area (Å²) in [6, 6.07) is 6.65. The number of nitrogens with two attached hydrogens (primary N) is 1. The van der Waals surface area contributed by atoms with E-state index in [9.17, 15) is 0 Å². The molecular formula is C19H31IN2. The maximum Gasteiger partial charge on any atom is 0.0452 e. The highest BCUT2D eigenvalue weighted by Gasteiger charge is 2.37. The van der Waals surface area contributed by atoms with Gasteiger partial charge in [-0.2, -0.15) is 0 Å². The van der Waals surface area contributed by atoms with E-state index in [1.807, 2.05) is 0 Å². The zero-order chi connectivity index (χ0) is 16.2. The van der Waals surface area contributed by atoms with Crippen molar-refractivity contribution in [2.75, 3.05) is 25.4 Å². The van der Waals surface area contributed by atoms with Gasteiger partial charge in [-0.05, 0) is 77.6 Å². The molecule has 2 nitrogen and oxygen atoms in total. The van der Waals surface area contributed by atoms with E-state index < -0.39 is 0 Å². The third kappa shape index (κ3) is 4.16. The second-order valence-electron chi connectivity index (χ2n) is 7.17. The Balaban J connectivity index is 1.98. The minimum absolute atomic E-state index is 0.262. The van der Waals surface area contributed by atoms with Gasteiger partial charge >= 0.3 is 0 Å². The Morgan fingerprint density at radius 3 is 2.73 bits per heavy atom. The minimum Gasteiger partial charge on any atom is -0.398 e. The molecule has 0 unspecified atom stereocenters. The third-order valence-corrected chi connectivity index (χ3v) is 6.53. The van der Waals surface area contributed by atoms with E-state index in [0.717, 1.165) is 9.26 Å². The average Bonchev–Trinajstić information content (AvgIpc) is 2.50. The monoisotopic (exact) mass is 414 g/mol. The van der Waals surface area contributed by atoms with Gasteiger partial charge in [-0.25, -0.2) is 0 Å². The highest BCUT2D eigenvalue weighted by molar-refractivity contribution is 14.1. The molecule has 1 aromatic carbocycles. The van der Waals surface area contributed by atoms with Gasteiger partial charge in [0.1, 0.15) is 0 Å². The van der Waals surface area contributed by atoms with E-state index >= 15 is 0 Å². The molecule has 2 rings (SSSR count). The summed E-state index contributed by atoms with van der Waals surface area (Å²) in [5, 5.41) is 0. The number of piperidine rings is 1. The van der Waals surface area contributed by atoms with Crippen LogP contribution in [0.3, 0.4) is 0 Å². The van der Waals surface area contributed by atoms with Crippen molar-refractivity contribution in [2.45, 2.75) is 58.3 Å². The van der Waals surface area contributed by atoms with E-state index in [1.165, 1.54) is 57.3 Å². The quantitative estimate of drug-likeness (QED) is 0.401. The van der Waals surface area contributed by atoms with Crippen molar-refractivity contribution < 1.29 is 0 Å². The summed E-state index contributed by atoms with van der Waals surface area (Å²) in [6.07, 6.45) is 6.67. The standard InChI is InChI=1S/C19H31IN2/c1-4-5-6-7-11-22-12-10-19(3,15(2)14-22)16-8-9-17(20)18(21)13-16/h8-9,13,15H,4-7,10-12,14,21H2,1-3H3/t15-,19-/m0/s1. The number of nitrogen functional groups attached to an aromatic ring is 1. The molecular weight excluding hydrogens is 383 g/mol. The summed E-state index contributed by atoms with van der Waals surface area (Å²) in [5.41, 5.74) is 8.74. The molecule has 1 fully saturated rings. The maximum atomic E-state index is 6.14. The fourth-order valence-electron chi connectivity index (χ4n) is 3.61. The fraction of sp³-hybridized carbons (Fsp3) is 0.684. The van der Waals surface area contributed by atoms with Crippen LogP contribution in [-0.2, 0) is 5.41 Å². The van der Waals surface area contributed by atoms with E-state index in [0.29, 0.717) is 5.92 Å². The second kappa shape index (κ2) is 8.00. The molecule has 1 heterocycles. The van der Waals surface area contributed by atoms with Crippen LogP contribution in [0, 0.1) is 9.49 Å². The number of hydrogen-bond donors (Lipinski definition) is 1. The van der Waals surface area contributed by atoms with Crippen LogP contribution in [-0.4, -0.2) is 24.5 Å². The summed E-state index contributed by atoms with van der Waals surface area (Å²) in [6.45, 7) is 10.8. The van der Waals surface area contributed by atoms with Crippen LogP contribution in [0.2, 0.25) is 0 Å². The number of anilines is 1. The highest BCUT2D eigenvalue weighted by Crippen LogP contribution is 2.40. The Labute approximate surface area is 150 Å². The Hall–Kier alpha value is -0.290. The van der Waals surface area contributed by atoms with Gasteiger partial charge in [-0.1, -0.05) is 46.1 Å². The van der Waals surface area contributed by atoms with Crippen molar-refractivity contribution in [3.05, 3.63) is 27.3 Å². The SMILES string of the molecule is CCCCCCN1CC[C@](C)(c2ccc(I)c(N)c2)[C@@H](C)C1. The van der Waals surface area contributed by atoms with Gasteiger partial charge in [-0.15, -0.1) is 0 Å². The van der Waals surface area contributed by atoms with E-state index in [1.54, 1.807) is 0 Å². The predicted molar refractivity (Wildman–Crippen MR) is 105 cm³/mol. The van der Waals surface area contributed by atoms with E-state index in [2.05, 4.69) is 66.5 Å². The van der Waals surface area contributed by atoms with Crippen LogP contribution in [0.1, 0.15) is 58.4 Å². The summed E-state index contributed by atoms with van der Waals surface area (Å²) in [4.78, 5) is 2.66. The van der Waals surface area contributed by atoms with Crippen molar-refractivity contribution in [3.63, 3.8) is 0 Å². The maximum absolute atomic E-state index is 6.14. The Kier molecular flexibility index (Phi) is 6.57. The molecule has 0 spiro atoms. The Bertz CT molecular complexity index is 488. The number of rotatable bonds is 6. The first-order valence-electron chi connectivity index (χ1n) is 8.75. The first-order valence-corrected chi connectivity index (χ1v) is 9.83. The number of benzene rings is 1.